The number of hydrogen-bond donors (Lipinski definition) is 2. The van der Waals surface area contributed by atoms with Crippen LogP contribution in [0.25, 0.3) is 0 Å². The van der Waals surface area contributed by atoms with Crippen LogP contribution in [0.3, 0.4) is 0 Å². The summed E-state index contributed by atoms with van der Waals surface area (Å²) in [5, 5.41) is 12.3. The summed E-state index contributed by atoms with van der Waals surface area (Å²) in [5.74, 6) is -0.178. The van der Waals surface area contributed by atoms with Crippen molar-refractivity contribution < 1.29 is 9.90 Å². The lowest BCUT2D eigenvalue weighted by atomic mass is 9.69. The number of carbonyl (C=O) groups excluding carboxylic acids is 1. The second-order valence-corrected chi connectivity index (χ2v) is 5.81. The van der Waals surface area contributed by atoms with Crippen molar-refractivity contribution in [3.63, 3.8) is 0 Å². The highest BCUT2D eigenvalue weighted by Crippen LogP contribution is 2.41. The van der Waals surface area contributed by atoms with Crippen molar-refractivity contribution >= 4 is 5.91 Å². The predicted octanol–water partition coefficient (Wildman–Crippen LogP) is 3.79. The van der Waals surface area contributed by atoms with Crippen molar-refractivity contribution in [1.29, 1.82) is 0 Å². The van der Waals surface area contributed by atoms with E-state index in [9.17, 15) is 9.90 Å². The Balaban J connectivity index is 3.04. The second-order valence-electron chi connectivity index (χ2n) is 5.81. The van der Waals surface area contributed by atoms with Gasteiger partial charge in [-0.25, -0.2) is 0 Å². The molecule has 0 radical (unpaired) electrons. The van der Waals surface area contributed by atoms with Gasteiger partial charge in [0.25, 0.3) is 5.91 Å². The summed E-state index contributed by atoms with van der Waals surface area (Å²) in [4.78, 5) is 12.3. The number of rotatable bonds is 9. The normalized spacial score (nSPS) is 21.5. The highest BCUT2D eigenvalue weighted by Gasteiger charge is 2.34. The van der Waals surface area contributed by atoms with Gasteiger partial charge in [-0.05, 0) is 30.4 Å². The number of amides is 1. The second kappa shape index (κ2) is 9.68. The molecule has 0 heterocycles. The molecule has 1 unspecified atom stereocenters. The molecule has 0 aromatic heterocycles. The van der Waals surface area contributed by atoms with Gasteiger partial charge in [0.1, 0.15) is 0 Å². The summed E-state index contributed by atoms with van der Waals surface area (Å²) >= 11 is 0. The molecule has 0 spiro atoms. The van der Waals surface area contributed by atoms with Crippen LogP contribution >= 0.6 is 0 Å². The maximum atomic E-state index is 12.3. The van der Waals surface area contributed by atoms with Crippen LogP contribution in [0.1, 0.15) is 19.3 Å². The molecule has 0 aliphatic heterocycles. The lowest BCUT2D eigenvalue weighted by molar-refractivity contribution is -0.117. The zero-order valence-corrected chi connectivity index (χ0v) is 14.3. The van der Waals surface area contributed by atoms with E-state index in [-0.39, 0.29) is 17.9 Å². The van der Waals surface area contributed by atoms with E-state index >= 15 is 0 Å². The molecule has 1 aliphatic carbocycles. The average molecular weight is 325 g/mol. The summed E-state index contributed by atoms with van der Waals surface area (Å²) in [6, 6.07) is 0. The molecule has 1 rings (SSSR count). The number of nitrogens with one attached hydrogen (secondary N) is 1. The molecule has 1 aliphatic rings. The minimum Gasteiger partial charge on any atom is -0.392 e. The van der Waals surface area contributed by atoms with Crippen LogP contribution in [0.2, 0.25) is 0 Å². The summed E-state index contributed by atoms with van der Waals surface area (Å²) in [7, 11) is 0. The zero-order chi connectivity index (χ0) is 18.0. The molecule has 1 amide bonds. The lowest BCUT2D eigenvalue weighted by Gasteiger charge is -2.38. The van der Waals surface area contributed by atoms with Crippen LogP contribution in [0.15, 0.2) is 85.6 Å². The molecule has 0 saturated heterocycles. The van der Waals surface area contributed by atoms with Crippen LogP contribution in [0.5, 0.6) is 0 Å². The van der Waals surface area contributed by atoms with E-state index in [4.69, 9.17) is 0 Å². The number of aliphatic hydroxyl groups is 1. The fourth-order valence-corrected chi connectivity index (χ4v) is 2.92. The molecule has 3 nitrogen and oxygen atoms in total. The van der Waals surface area contributed by atoms with E-state index in [1.54, 1.807) is 18.2 Å². The molecule has 0 saturated carbocycles. The van der Waals surface area contributed by atoms with E-state index in [2.05, 4.69) is 37.7 Å². The highest BCUT2D eigenvalue weighted by molar-refractivity contribution is 5.96. The molecule has 3 heteroatoms. The largest absolute Gasteiger partial charge is 0.392 e. The third-order valence-electron chi connectivity index (χ3n) is 4.41. The maximum Gasteiger partial charge on any atom is 0.251 e. The first-order valence-electron chi connectivity index (χ1n) is 8.04. The monoisotopic (exact) mass is 325 g/mol. The summed E-state index contributed by atoms with van der Waals surface area (Å²) in [5.41, 5.74) is 2.32. The van der Waals surface area contributed by atoms with E-state index in [0.29, 0.717) is 12.1 Å². The molecule has 2 N–H and O–H groups in total. The van der Waals surface area contributed by atoms with Crippen LogP contribution in [-0.2, 0) is 4.79 Å². The van der Waals surface area contributed by atoms with Gasteiger partial charge in [-0.1, -0.05) is 68.8 Å². The van der Waals surface area contributed by atoms with E-state index in [1.807, 2.05) is 12.2 Å². The van der Waals surface area contributed by atoms with Crippen molar-refractivity contribution in [1.82, 2.24) is 5.32 Å². The van der Waals surface area contributed by atoms with E-state index in [0.717, 1.165) is 30.4 Å². The van der Waals surface area contributed by atoms with Crippen LogP contribution in [0.4, 0.5) is 0 Å². The van der Waals surface area contributed by atoms with Crippen LogP contribution < -0.4 is 5.32 Å². The Morgan fingerprint density at radius 1 is 1.21 bits per heavy atom. The smallest absolute Gasteiger partial charge is 0.251 e. The molecule has 1 atom stereocenters. The minimum absolute atomic E-state index is 0.0831. The fourth-order valence-electron chi connectivity index (χ4n) is 2.92. The van der Waals surface area contributed by atoms with Gasteiger partial charge >= 0.3 is 0 Å². The molecular formula is C21H27NO2. The van der Waals surface area contributed by atoms with Gasteiger partial charge < -0.3 is 10.4 Å². The summed E-state index contributed by atoms with van der Waals surface area (Å²) in [6.07, 6.45) is 14.6. The van der Waals surface area contributed by atoms with Gasteiger partial charge in [0.2, 0.25) is 0 Å². The number of allylic oxidation sites excluding steroid dienone is 6. The van der Waals surface area contributed by atoms with Crippen molar-refractivity contribution in [2.24, 2.45) is 5.41 Å². The molecular weight excluding hydrogens is 298 g/mol. The molecule has 0 bridgehead atoms. The third-order valence-corrected chi connectivity index (χ3v) is 4.41. The molecule has 128 valence electrons. The standard InChI is InChI=1S/C21H27NO2/c1-5-9-18(7-3)20(24)22-16-21(19(8-4)10-6-2)13-11-17(15-23)12-14-21/h5-11,23H,1-4,12-16H2,(H,22,24)/b18-9+,19-10+. The lowest BCUT2D eigenvalue weighted by Crippen LogP contribution is -2.40. The Bertz CT molecular complexity index is 607. The first-order valence-corrected chi connectivity index (χ1v) is 8.04. The van der Waals surface area contributed by atoms with E-state index < -0.39 is 0 Å². The number of hydrogen-bond acceptors (Lipinski definition) is 2. The van der Waals surface area contributed by atoms with Gasteiger partial charge in [-0.2, -0.15) is 0 Å². The highest BCUT2D eigenvalue weighted by atomic mass is 16.3. The van der Waals surface area contributed by atoms with Gasteiger partial charge in [-0.15, -0.1) is 0 Å². The molecule has 0 aromatic rings. The summed E-state index contributed by atoms with van der Waals surface area (Å²) in [6.45, 7) is 15.5. The van der Waals surface area contributed by atoms with Gasteiger partial charge in [0.05, 0.1) is 6.61 Å². The molecule has 0 aromatic carbocycles. The van der Waals surface area contributed by atoms with Crippen LogP contribution in [-0.4, -0.2) is 24.2 Å². The van der Waals surface area contributed by atoms with Gasteiger partial charge in [-0.3, -0.25) is 4.79 Å². The quantitative estimate of drug-likeness (QED) is 0.385. The zero-order valence-electron chi connectivity index (χ0n) is 14.3. The maximum absolute atomic E-state index is 12.3. The molecule has 0 fully saturated rings. The van der Waals surface area contributed by atoms with Crippen molar-refractivity contribution in [3.05, 3.63) is 85.6 Å². The minimum atomic E-state index is -0.245. The average Bonchev–Trinajstić information content (AvgIpc) is 2.62. The van der Waals surface area contributed by atoms with Crippen LogP contribution in [0, 0.1) is 5.41 Å². The topological polar surface area (TPSA) is 49.3 Å². The Morgan fingerprint density at radius 2 is 1.92 bits per heavy atom. The summed E-state index contributed by atoms with van der Waals surface area (Å²) < 4.78 is 0. The third kappa shape index (κ3) is 4.80. The Hall–Kier alpha value is -2.39. The van der Waals surface area contributed by atoms with Gasteiger partial charge in [0, 0.05) is 17.5 Å². The fraction of sp³-hybridized carbons (Fsp3) is 0.286. The van der Waals surface area contributed by atoms with Crippen molar-refractivity contribution in [2.45, 2.75) is 19.3 Å². The molecule has 24 heavy (non-hydrogen) atoms. The Labute approximate surface area is 145 Å². The predicted molar refractivity (Wildman–Crippen MR) is 101 cm³/mol. The SMILES string of the molecule is C=C/C=C(\C=C)C(=O)NCC1(/C(C=C)=C/C=C)CC=C(CO)CC1. The first kappa shape index (κ1) is 19.7. The number of carbonyl (C=O) groups is 1. The van der Waals surface area contributed by atoms with Crippen molar-refractivity contribution in [2.75, 3.05) is 13.2 Å². The first-order chi connectivity index (χ1) is 11.6. The Kier molecular flexibility index (Phi) is 7.93. The number of aliphatic hydroxyl groups excluding tert-OH is 1. The van der Waals surface area contributed by atoms with Gasteiger partial charge in [0.15, 0.2) is 0 Å². The van der Waals surface area contributed by atoms with E-state index in [1.165, 1.54) is 6.08 Å². The Morgan fingerprint density at radius 3 is 2.38 bits per heavy atom. The van der Waals surface area contributed by atoms with Crippen molar-refractivity contribution in [3.8, 4) is 0 Å².